The van der Waals surface area contributed by atoms with Gasteiger partial charge < -0.3 is 10.2 Å². The van der Waals surface area contributed by atoms with Gasteiger partial charge in [-0.3, -0.25) is 14.5 Å². The molecule has 1 aromatic carbocycles. The Morgan fingerprint density at radius 3 is 2.38 bits per heavy atom. The van der Waals surface area contributed by atoms with E-state index in [0.29, 0.717) is 22.2 Å². The standard InChI is InChI=1S/C23H34ClN3O2/c1-16-6-5-11-27(15-16)18-9-12-26(13-10-18)22(29)17-7-8-19(20(24)14-17)21(28)25-23(2,3)4/h7-8,14,16,18H,5-6,9-13,15H2,1-4H3,(H,25,28). The number of halogens is 1. The third-order valence-corrected chi connectivity index (χ3v) is 6.22. The zero-order valence-electron chi connectivity index (χ0n) is 18.1. The Balaban J connectivity index is 1.60. The van der Waals surface area contributed by atoms with Crippen LogP contribution in [0, 0.1) is 5.92 Å². The van der Waals surface area contributed by atoms with Crippen molar-refractivity contribution >= 4 is 23.4 Å². The molecule has 0 aromatic heterocycles. The van der Waals surface area contributed by atoms with Gasteiger partial charge in [-0.15, -0.1) is 0 Å². The fraction of sp³-hybridized carbons (Fsp3) is 0.652. The van der Waals surface area contributed by atoms with Crippen molar-refractivity contribution in [3.8, 4) is 0 Å². The summed E-state index contributed by atoms with van der Waals surface area (Å²) in [6.45, 7) is 12.0. The van der Waals surface area contributed by atoms with Crippen molar-refractivity contribution in [1.29, 1.82) is 0 Å². The van der Waals surface area contributed by atoms with Gasteiger partial charge in [0.05, 0.1) is 10.6 Å². The molecule has 2 aliphatic heterocycles. The Hall–Kier alpha value is -1.59. The Bertz CT molecular complexity index is 751. The molecule has 2 fully saturated rings. The van der Waals surface area contributed by atoms with Crippen LogP contribution >= 0.6 is 11.6 Å². The van der Waals surface area contributed by atoms with Crippen molar-refractivity contribution in [3.05, 3.63) is 34.3 Å². The maximum Gasteiger partial charge on any atom is 0.253 e. The van der Waals surface area contributed by atoms with Crippen LogP contribution in [0.2, 0.25) is 5.02 Å². The zero-order valence-corrected chi connectivity index (χ0v) is 18.9. The number of hydrogen-bond acceptors (Lipinski definition) is 3. The molecule has 0 aliphatic carbocycles. The molecule has 6 heteroatoms. The number of hydrogen-bond donors (Lipinski definition) is 1. The first-order valence-electron chi connectivity index (χ1n) is 10.8. The molecule has 3 rings (SSSR count). The maximum absolute atomic E-state index is 13.0. The summed E-state index contributed by atoms with van der Waals surface area (Å²) < 4.78 is 0. The lowest BCUT2D eigenvalue weighted by Gasteiger charge is -2.41. The van der Waals surface area contributed by atoms with Crippen molar-refractivity contribution in [1.82, 2.24) is 15.1 Å². The summed E-state index contributed by atoms with van der Waals surface area (Å²) in [6.07, 6.45) is 4.67. The predicted octanol–water partition coefficient (Wildman–Crippen LogP) is 4.20. The normalized spacial score (nSPS) is 21.8. The van der Waals surface area contributed by atoms with Crippen LogP contribution in [0.25, 0.3) is 0 Å². The Kier molecular flexibility index (Phi) is 6.90. The number of carbonyl (C=O) groups is 2. The SMILES string of the molecule is CC1CCCN(C2CCN(C(=O)c3ccc(C(=O)NC(C)(C)C)c(Cl)c3)CC2)C1. The van der Waals surface area contributed by atoms with Crippen LogP contribution in [0.4, 0.5) is 0 Å². The third-order valence-electron chi connectivity index (χ3n) is 5.91. The fourth-order valence-electron chi connectivity index (χ4n) is 4.41. The number of likely N-dealkylation sites (tertiary alicyclic amines) is 2. The number of nitrogens with zero attached hydrogens (tertiary/aromatic N) is 2. The fourth-order valence-corrected chi connectivity index (χ4v) is 4.68. The van der Waals surface area contributed by atoms with Gasteiger partial charge in [0.15, 0.2) is 0 Å². The number of piperidine rings is 2. The van der Waals surface area contributed by atoms with Crippen molar-refractivity contribution in [3.63, 3.8) is 0 Å². The van der Waals surface area contributed by atoms with E-state index in [1.165, 1.54) is 25.9 Å². The minimum absolute atomic E-state index is 0.000131. The number of benzene rings is 1. The second kappa shape index (κ2) is 9.05. The van der Waals surface area contributed by atoms with Crippen molar-refractivity contribution in [2.24, 2.45) is 5.92 Å². The first kappa shape index (κ1) is 22.1. The molecule has 1 unspecified atom stereocenters. The quantitative estimate of drug-likeness (QED) is 0.798. The molecule has 0 bridgehead atoms. The second-order valence-corrected chi connectivity index (χ2v) is 10.1. The minimum atomic E-state index is -0.342. The van der Waals surface area contributed by atoms with Gasteiger partial charge in [0, 0.05) is 36.8 Å². The van der Waals surface area contributed by atoms with Gasteiger partial charge in [0.2, 0.25) is 0 Å². The average molecular weight is 420 g/mol. The van der Waals surface area contributed by atoms with Crippen molar-refractivity contribution < 1.29 is 9.59 Å². The summed E-state index contributed by atoms with van der Waals surface area (Å²) in [6, 6.07) is 5.58. The third kappa shape index (κ3) is 5.73. The monoisotopic (exact) mass is 419 g/mol. The van der Waals surface area contributed by atoms with Gasteiger partial charge in [-0.2, -0.15) is 0 Å². The number of carbonyl (C=O) groups excluding carboxylic acids is 2. The van der Waals surface area contributed by atoms with E-state index in [4.69, 9.17) is 11.6 Å². The van der Waals surface area contributed by atoms with Crippen LogP contribution < -0.4 is 5.32 Å². The summed E-state index contributed by atoms with van der Waals surface area (Å²) in [5.41, 5.74) is 0.606. The molecule has 2 heterocycles. The van der Waals surface area contributed by atoms with E-state index < -0.39 is 0 Å². The van der Waals surface area contributed by atoms with Gasteiger partial charge in [-0.1, -0.05) is 18.5 Å². The summed E-state index contributed by atoms with van der Waals surface area (Å²) >= 11 is 6.34. The maximum atomic E-state index is 13.0. The molecular formula is C23H34ClN3O2. The Morgan fingerprint density at radius 2 is 1.79 bits per heavy atom. The first-order chi connectivity index (χ1) is 13.6. The molecule has 2 aliphatic rings. The smallest absolute Gasteiger partial charge is 0.253 e. The molecule has 0 saturated carbocycles. The molecule has 0 radical (unpaired) electrons. The number of rotatable bonds is 3. The summed E-state index contributed by atoms with van der Waals surface area (Å²) in [5, 5.41) is 3.22. The zero-order chi connectivity index (χ0) is 21.2. The molecular weight excluding hydrogens is 386 g/mol. The lowest BCUT2D eigenvalue weighted by molar-refractivity contribution is 0.0541. The molecule has 1 N–H and O–H groups in total. The van der Waals surface area contributed by atoms with E-state index in [-0.39, 0.29) is 17.4 Å². The van der Waals surface area contributed by atoms with Gasteiger partial charge in [-0.25, -0.2) is 0 Å². The molecule has 29 heavy (non-hydrogen) atoms. The largest absolute Gasteiger partial charge is 0.347 e. The van der Waals surface area contributed by atoms with Crippen LogP contribution in [0.15, 0.2) is 18.2 Å². The van der Waals surface area contributed by atoms with Crippen molar-refractivity contribution in [2.75, 3.05) is 26.2 Å². The molecule has 1 aromatic rings. The lowest BCUT2D eigenvalue weighted by Crippen LogP contribution is -2.49. The summed E-state index contributed by atoms with van der Waals surface area (Å²) in [5.74, 6) is 0.553. The van der Waals surface area contributed by atoms with Gasteiger partial charge >= 0.3 is 0 Å². The van der Waals surface area contributed by atoms with E-state index in [1.54, 1.807) is 18.2 Å². The molecule has 5 nitrogen and oxygen atoms in total. The average Bonchev–Trinajstić information content (AvgIpc) is 2.66. The van der Waals surface area contributed by atoms with Gasteiger partial charge in [0.1, 0.15) is 0 Å². The molecule has 2 amide bonds. The Labute approximate surface area is 179 Å². The van der Waals surface area contributed by atoms with Crippen LogP contribution in [0.5, 0.6) is 0 Å². The molecule has 1 atom stereocenters. The number of nitrogens with one attached hydrogen (secondary N) is 1. The van der Waals surface area contributed by atoms with Gasteiger partial charge in [-0.05, 0) is 77.1 Å². The summed E-state index contributed by atoms with van der Waals surface area (Å²) in [7, 11) is 0. The van der Waals surface area contributed by atoms with Gasteiger partial charge in [0.25, 0.3) is 11.8 Å². The Morgan fingerprint density at radius 1 is 1.10 bits per heavy atom. The van der Waals surface area contributed by atoms with Crippen LogP contribution in [-0.4, -0.2) is 59.4 Å². The lowest BCUT2D eigenvalue weighted by atomic mass is 9.95. The van der Waals surface area contributed by atoms with E-state index in [2.05, 4.69) is 17.1 Å². The van der Waals surface area contributed by atoms with Crippen LogP contribution in [0.3, 0.4) is 0 Å². The summed E-state index contributed by atoms with van der Waals surface area (Å²) in [4.78, 5) is 29.9. The van der Waals surface area contributed by atoms with Crippen molar-refractivity contribution in [2.45, 2.75) is 65.0 Å². The topological polar surface area (TPSA) is 52.7 Å². The van der Waals surface area contributed by atoms with E-state index in [0.717, 1.165) is 31.8 Å². The van der Waals surface area contributed by atoms with Crippen LogP contribution in [-0.2, 0) is 0 Å². The number of amides is 2. The van der Waals surface area contributed by atoms with E-state index in [1.807, 2.05) is 25.7 Å². The minimum Gasteiger partial charge on any atom is -0.347 e. The highest BCUT2D eigenvalue weighted by atomic mass is 35.5. The highest BCUT2D eigenvalue weighted by Gasteiger charge is 2.30. The molecule has 2 saturated heterocycles. The highest BCUT2D eigenvalue weighted by molar-refractivity contribution is 6.34. The van der Waals surface area contributed by atoms with E-state index in [9.17, 15) is 9.59 Å². The first-order valence-corrected chi connectivity index (χ1v) is 11.2. The predicted molar refractivity (Wildman–Crippen MR) is 118 cm³/mol. The van der Waals surface area contributed by atoms with E-state index >= 15 is 0 Å². The highest BCUT2D eigenvalue weighted by Crippen LogP contribution is 2.25. The molecule has 160 valence electrons. The van der Waals surface area contributed by atoms with Crippen LogP contribution in [0.1, 0.15) is 74.1 Å². The molecule has 0 spiro atoms. The second-order valence-electron chi connectivity index (χ2n) is 9.66.